The molecule has 2 nitrogen and oxygen atoms in total. The van der Waals surface area contributed by atoms with Crippen LogP contribution in [0.3, 0.4) is 0 Å². The van der Waals surface area contributed by atoms with Crippen molar-refractivity contribution in [1.29, 1.82) is 0 Å². The Hall–Kier alpha value is -0.645. The molecule has 0 heterocycles. The number of alkyl halides is 2. The zero-order valence-electron chi connectivity index (χ0n) is 6.42. The van der Waals surface area contributed by atoms with Crippen LogP contribution in [0.5, 0.6) is 0 Å². The van der Waals surface area contributed by atoms with Gasteiger partial charge in [-0.2, -0.15) is 0 Å². The predicted octanol–water partition coefficient (Wildman–Crippen LogP) is 0.957. The van der Waals surface area contributed by atoms with Gasteiger partial charge in [0.05, 0.1) is 0 Å². The SMILES string of the molecule is OB(O)c1ccc(C(F)F)cc1Cl. The molecule has 0 radical (unpaired) electrons. The minimum absolute atomic E-state index is 0.0195. The van der Waals surface area contributed by atoms with Crippen LogP contribution in [-0.2, 0) is 0 Å². The van der Waals surface area contributed by atoms with Gasteiger partial charge in [0.2, 0.25) is 0 Å². The highest BCUT2D eigenvalue weighted by Gasteiger charge is 2.17. The number of hydrogen-bond donors (Lipinski definition) is 2. The van der Waals surface area contributed by atoms with Gasteiger partial charge in [0, 0.05) is 16.0 Å². The number of rotatable bonds is 2. The van der Waals surface area contributed by atoms with Crippen molar-refractivity contribution in [3.05, 3.63) is 28.8 Å². The Morgan fingerprint density at radius 2 is 1.92 bits per heavy atom. The van der Waals surface area contributed by atoms with E-state index >= 15 is 0 Å². The molecule has 0 aliphatic heterocycles. The zero-order chi connectivity index (χ0) is 10.0. The van der Waals surface area contributed by atoms with Crippen molar-refractivity contribution in [2.75, 3.05) is 0 Å². The topological polar surface area (TPSA) is 40.5 Å². The molecule has 0 aromatic heterocycles. The minimum Gasteiger partial charge on any atom is -0.423 e. The second-order valence-electron chi connectivity index (χ2n) is 2.46. The van der Waals surface area contributed by atoms with Gasteiger partial charge in [0.15, 0.2) is 0 Å². The third-order valence-corrected chi connectivity index (χ3v) is 1.88. The van der Waals surface area contributed by atoms with E-state index < -0.39 is 13.5 Å². The lowest BCUT2D eigenvalue weighted by molar-refractivity contribution is 0.151. The number of halogens is 3. The smallest absolute Gasteiger partial charge is 0.423 e. The number of benzene rings is 1. The Bertz CT molecular complexity index is 307. The summed E-state index contributed by atoms with van der Waals surface area (Å²) in [6.07, 6.45) is -2.61. The van der Waals surface area contributed by atoms with E-state index in [4.69, 9.17) is 21.6 Å². The molecule has 0 aliphatic carbocycles. The van der Waals surface area contributed by atoms with Gasteiger partial charge in [-0.3, -0.25) is 0 Å². The van der Waals surface area contributed by atoms with Crippen LogP contribution in [0.15, 0.2) is 18.2 Å². The van der Waals surface area contributed by atoms with Gasteiger partial charge in [-0.05, 0) is 6.07 Å². The van der Waals surface area contributed by atoms with Gasteiger partial charge >= 0.3 is 7.12 Å². The van der Waals surface area contributed by atoms with Crippen LogP contribution in [0, 0.1) is 0 Å². The van der Waals surface area contributed by atoms with Crippen molar-refractivity contribution < 1.29 is 18.8 Å². The molecule has 70 valence electrons. The predicted molar refractivity (Wildman–Crippen MR) is 46.2 cm³/mol. The first-order valence-corrected chi connectivity index (χ1v) is 3.84. The second-order valence-corrected chi connectivity index (χ2v) is 2.86. The molecule has 6 heteroatoms. The van der Waals surface area contributed by atoms with Crippen molar-refractivity contribution in [2.24, 2.45) is 0 Å². The van der Waals surface area contributed by atoms with Gasteiger partial charge in [-0.15, -0.1) is 0 Å². The third kappa shape index (κ3) is 2.40. The lowest BCUT2D eigenvalue weighted by Gasteiger charge is -2.05. The highest BCUT2D eigenvalue weighted by molar-refractivity contribution is 6.62. The lowest BCUT2D eigenvalue weighted by Crippen LogP contribution is -2.30. The molecular formula is C7H6BClF2O2. The summed E-state index contributed by atoms with van der Waals surface area (Å²) < 4.78 is 24.2. The maximum atomic E-state index is 12.1. The summed E-state index contributed by atoms with van der Waals surface area (Å²) in [6, 6.07) is 3.28. The van der Waals surface area contributed by atoms with E-state index in [1.54, 1.807) is 0 Å². The van der Waals surface area contributed by atoms with E-state index in [2.05, 4.69) is 0 Å². The highest BCUT2D eigenvalue weighted by atomic mass is 35.5. The largest absolute Gasteiger partial charge is 0.489 e. The van der Waals surface area contributed by atoms with Crippen molar-refractivity contribution in [3.8, 4) is 0 Å². The van der Waals surface area contributed by atoms with Crippen molar-refractivity contribution >= 4 is 24.2 Å². The van der Waals surface area contributed by atoms with Gasteiger partial charge in [-0.25, -0.2) is 8.78 Å². The lowest BCUT2D eigenvalue weighted by atomic mass is 9.80. The molecule has 1 aromatic carbocycles. The van der Waals surface area contributed by atoms with Crippen molar-refractivity contribution in [2.45, 2.75) is 6.43 Å². The van der Waals surface area contributed by atoms with E-state index in [1.807, 2.05) is 0 Å². The fourth-order valence-corrected chi connectivity index (χ4v) is 1.18. The van der Waals surface area contributed by atoms with Gasteiger partial charge in [-0.1, -0.05) is 23.7 Å². The summed E-state index contributed by atoms with van der Waals surface area (Å²) in [7, 11) is -1.74. The van der Waals surface area contributed by atoms with E-state index in [1.165, 1.54) is 0 Å². The van der Waals surface area contributed by atoms with Crippen LogP contribution in [0.1, 0.15) is 12.0 Å². The Morgan fingerprint density at radius 3 is 2.31 bits per heavy atom. The van der Waals surface area contributed by atoms with E-state index in [-0.39, 0.29) is 16.0 Å². The molecule has 1 rings (SSSR count). The average molecular weight is 206 g/mol. The summed E-state index contributed by atoms with van der Waals surface area (Å²) >= 11 is 5.52. The first-order chi connectivity index (χ1) is 6.02. The molecule has 0 amide bonds. The van der Waals surface area contributed by atoms with Crippen molar-refractivity contribution in [1.82, 2.24) is 0 Å². The molecule has 0 spiro atoms. The van der Waals surface area contributed by atoms with Gasteiger partial charge in [0.1, 0.15) is 0 Å². The summed E-state index contributed by atoms with van der Waals surface area (Å²) in [5.74, 6) is 0. The normalized spacial score (nSPS) is 10.6. The van der Waals surface area contributed by atoms with Crippen LogP contribution in [0.25, 0.3) is 0 Å². The second kappa shape index (κ2) is 4.04. The van der Waals surface area contributed by atoms with Crippen LogP contribution in [0.2, 0.25) is 5.02 Å². The van der Waals surface area contributed by atoms with Crippen LogP contribution >= 0.6 is 11.6 Å². The molecule has 0 bridgehead atoms. The molecule has 0 fully saturated rings. The summed E-state index contributed by atoms with van der Waals surface area (Å²) in [4.78, 5) is 0. The Kier molecular flexibility index (Phi) is 3.25. The molecular weight excluding hydrogens is 200 g/mol. The molecule has 0 saturated heterocycles. The third-order valence-electron chi connectivity index (χ3n) is 1.55. The monoisotopic (exact) mass is 206 g/mol. The van der Waals surface area contributed by atoms with E-state index in [9.17, 15) is 8.78 Å². The first kappa shape index (κ1) is 10.4. The maximum absolute atomic E-state index is 12.1. The maximum Gasteiger partial charge on any atom is 0.489 e. The van der Waals surface area contributed by atoms with Gasteiger partial charge < -0.3 is 10.0 Å². The standard InChI is InChI=1S/C7H6BClF2O2/c9-6-3-4(7(10)11)1-2-5(6)8(12)13/h1-3,7,12-13H. The fraction of sp³-hybridized carbons (Fsp3) is 0.143. The summed E-state index contributed by atoms with van der Waals surface area (Å²) in [6.45, 7) is 0. The molecule has 0 saturated carbocycles. The zero-order valence-corrected chi connectivity index (χ0v) is 7.17. The molecule has 13 heavy (non-hydrogen) atoms. The Balaban J connectivity index is 3.06. The summed E-state index contributed by atoms with van der Waals surface area (Å²) in [5.41, 5.74) is -0.222. The molecule has 1 aromatic rings. The van der Waals surface area contributed by atoms with E-state index in [0.29, 0.717) is 0 Å². The van der Waals surface area contributed by atoms with E-state index in [0.717, 1.165) is 18.2 Å². The van der Waals surface area contributed by atoms with Gasteiger partial charge in [0.25, 0.3) is 6.43 Å². The minimum atomic E-state index is -2.61. The first-order valence-electron chi connectivity index (χ1n) is 3.46. The Morgan fingerprint density at radius 1 is 1.31 bits per heavy atom. The molecule has 0 aliphatic rings. The highest BCUT2D eigenvalue weighted by Crippen LogP contribution is 2.20. The average Bonchev–Trinajstić information content (AvgIpc) is 2.03. The quantitative estimate of drug-likeness (QED) is 0.708. The molecule has 2 N–H and O–H groups in total. The van der Waals surface area contributed by atoms with Crippen molar-refractivity contribution in [3.63, 3.8) is 0 Å². The van der Waals surface area contributed by atoms with Crippen LogP contribution in [-0.4, -0.2) is 17.2 Å². The molecule has 0 atom stereocenters. The van der Waals surface area contributed by atoms with Crippen LogP contribution < -0.4 is 5.46 Å². The number of hydrogen-bond acceptors (Lipinski definition) is 2. The fourth-order valence-electron chi connectivity index (χ4n) is 0.889. The van der Waals surface area contributed by atoms with Crippen LogP contribution in [0.4, 0.5) is 8.78 Å². The summed E-state index contributed by atoms with van der Waals surface area (Å²) in [5, 5.41) is 17.4. The Labute approximate surface area is 78.9 Å². The molecule has 0 unspecified atom stereocenters.